The average molecular weight is 514 g/mol. The summed E-state index contributed by atoms with van der Waals surface area (Å²) in [7, 11) is 0. The first-order chi connectivity index (χ1) is 18.5. The number of carbonyl (C=O) groups excluding carboxylic acids is 2. The van der Waals surface area contributed by atoms with E-state index in [1.807, 2.05) is 105 Å². The van der Waals surface area contributed by atoms with E-state index in [0.29, 0.717) is 0 Å². The largest absolute Gasteiger partial charge is 0.446 e. The van der Waals surface area contributed by atoms with Crippen LogP contribution in [0, 0.1) is 0 Å². The fourth-order valence-corrected chi connectivity index (χ4v) is 5.19. The van der Waals surface area contributed by atoms with Crippen LogP contribution in [0.1, 0.15) is 57.1 Å². The number of nitrogens with zero attached hydrogens (tertiary/aromatic N) is 2. The van der Waals surface area contributed by atoms with Gasteiger partial charge in [0.1, 0.15) is 6.10 Å². The lowest BCUT2D eigenvalue weighted by molar-refractivity contribution is -0.124. The Labute approximate surface area is 226 Å². The minimum atomic E-state index is -0.370. The number of benzene rings is 3. The van der Waals surface area contributed by atoms with Crippen LogP contribution >= 0.6 is 0 Å². The fraction of sp³-hybridized carbons (Fsp3) is 0.375. The van der Waals surface area contributed by atoms with E-state index in [-0.39, 0.29) is 36.2 Å². The number of piperidine rings is 1. The van der Waals surface area contributed by atoms with Crippen molar-refractivity contribution in [1.29, 1.82) is 0 Å². The van der Waals surface area contributed by atoms with E-state index in [1.165, 1.54) is 0 Å². The summed E-state index contributed by atoms with van der Waals surface area (Å²) in [6, 6.07) is 29.5. The first-order valence-corrected chi connectivity index (χ1v) is 13.7. The smallest absolute Gasteiger partial charge is 0.414 e. The Kier molecular flexibility index (Phi) is 9.55. The first-order valence-electron chi connectivity index (χ1n) is 13.7. The Morgan fingerprint density at radius 1 is 0.868 bits per heavy atom. The van der Waals surface area contributed by atoms with Crippen molar-refractivity contribution in [3.05, 3.63) is 102 Å². The number of amides is 2. The van der Waals surface area contributed by atoms with Gasteiger partial charge in [-0.05, 0) is 56.4 Å². The predicted octanol–water partition coefficient (Wildman–Crippen LogP) is 6.19. The van der Waals surface area contributed by atoms with Gasteiger partial charge in [0.25, 0.3) is 0 Å². The Morgan fingerprint density at radius 2 is 1.37 bits per heavy atom. The second-order valence-corrected chi connectivity index (χ2v) is 10.1. The summed E-state index contributed by atoms with van der Waals surface area (Å²) in [5.41, 5.74) is 2.79. The zero-order valence-electron chi connectivity index (χ0n) is 22.6. The summed E-state index contributed by atoms with van der Waals surface area (Å²) in [5.74, 6) is -0.372. The van der Waals surface area contributed by atoms with E-state index in [0.717, 1.165) is 49.2 Å². The van der Waals surface area contributed by atoms with Crippen LogP contribution in [0.5, 0.6) is 0 Å². The van der Waals surface area contributed by atoms with Gasteiger partial charge in [0.15, 0.2) is 0 Å². The number of hydrogen-bond acceptors (Lipinski definition) is 4. The summed E-state index contributed by atoms with van der Waals surface area (Å²) < 4.78 is 5.94. The summed E-state index contributed by atoms with van der Waals surface area (Å²) in [6.07, 6.45) is 1.74. The Balaban J connectivity index is 1.37. The second kappa shape index (κ2) is 13.2. The van der Waals surface area contributed by atoms with Crippen LogP contribution in [-0.2, 0) is 9.53 Å². The number of hydrogen-bond donors (Lipinski definition) is 1. The van der Waals surface area contributed by atoms with Crippen molar-refractivity contribution in [1.82, 2.24) is 10.2 Å². The number of anilines is 1. The maximum Gasteiger partial charge on any atom is 0.414 e. The van der Waals surface area contributed by atoms with Gasteiger partial charge in [0.2, 0.25) is 5.91 Å². The molecule has 1 atom stereocenters. The molecule has 1 aliphatic heterocycles. The monoisotopic (exact) mass is 513 g/mol. The zero-order chi connectivity index (χ0) is 26.9. The normalized spacial score (nSPS) is 15.3. The van der Waals surface area contributed by atoms with Gasteiger partial charge in [-0.2, -0.15) is 0 Å². The molecule has 1 heterocycles. The number of likely N-dealkylation sites (tertiary alicyclic amines) is 1. The molecule has 1 fully saturated rings. The third-order valence-corrected chi connectivity index (χ3v) is 7.16. The molecule has 0 aliphatic carbocycles. The molecule has 0 bridgehead atoms. The van der Waals surface area contributed by atoms with Gasteiger partial charge in [-0.1, -0.05) is 85.8 Å². The molecule has 0 spiro atoms. The van der Waals surface area contributed by atoms with Crippen LogP contribution in [0.4, 0.5) is 10.5 Å². The molecule has 200 valence electrons. The van der Waals surface area contributed by atoms with Gasteiger partial charge in [-0.15, -0.1) is 0 Å². The average Bonchev–Trinajstić information content (AvgIpc) is 2.94. The van der Waals surface area contributed by atoms with Gasteiger partial charge in [-0.25, -0.2) is 4.79 Å². The lowest BCUT2D eigenvalue weighted by atomic mass is 9.90. The number of para-hydroxylation sites is 1. The third-order valence-electron chi connectivity index (χ3n) is 7.16. The molecule has 1 saturated heterocycles. The second-order valence-electron chi connectivity index (χ2n) is 10.1. The molecular weight excluding hydrogens is 474 g/mol. The standard InChI is InChI=1S/C32H39N3O3/c1-4-29(33-31(36)30(25-14-8-5-9-15-25)26-16-10-6-11-17-26)34-22-20-28(21-23-34)38-32(37)35(24(2)3)27-18-12-7-13-19-27/h5-19,24,28-30H,4,20-23H2,1-3H3,(H,33,36). The molecule has 2 amide bonds. The highest BCUT2D eigenvalue weighted by atomic mass is 16.6. The van der Waals surface area contributed by atoms with Crippen molar-refractivity contribution in [2.24, 2.45) is 0 Å². The van der Waals surface area contributed by atoms with Gasteiger partial charge in [-0.3, -0.25) is 14.6 Å². The summed E-state index contributed by atoms with van der Waals surface area (Å²) in [4.78, 5) is 30.7. The van der Waals surface area contributed by atoms with Crippen molar-refractivity contribution in [3.63, 3.8) is 0 Å². The van der Waals surface area contributed by atoms with Crippen molar-refractivity contribution in [3.8, 4) is 0 Å². The molecule has 3 aromatic carbocycles. The van der Waals surface area contributed by atoms with E-state index in [9.17, 15) is 9.59 Å². The van der Waals surface area contributed by atoms with Gasteiger partial charge in [0.05, 0.1) is 12.1 Å². The molecule has 0 radical (unpaired) electrons. The Hall–Kier alpha value is -3.64. The number of ether oxygens (including phenoxy) is 1. The lowest BCUT2D eigenvalue weighted by Gasteiger charge is -2.38. The topological polar surface area (TPSA) is 61.9 Å². The van der Waals surface area contributed by atoms with Gasteiger partial charge >= 0.3 is 6.09 Å². The zero-order valence-corrected chi connectivity index (χ0v) is 22.6. The van der Waals surface area contributed by atoms with Crippen molar-refractivity contribution < 1.29 is 14.3 Å². The quantitative estimate of drug-likeness (QED) is 0.371. The van der Waals surface area contributed by atoms with E-state index in [4.69, 9.17) is 4.74 Å². The molecule has 1 unspecified atom stereocenters. The number of carbonyl (C=O) groups is 2. The predicted molar refractivity (Wildman–Crippen MR) is 152 cm³/mol. The SMILES string of the molecule is CCC(NC(=O)C(c1ccccc1)c1ccccc1)N1CCC(OC(=O)N(c2ccccc2)C(C)C)CC1. The fourth-order valence-electron chi connectivity index (χ4n) is 5.19. The molecule has 0 aromatic heterocycles. The first kappa shape index (κ1) is 27.4. The van der Waals surface area contributed by atoms with E-state index in [1.54, 1.807) is 4.90 Å². The number of rotatable bonds is 9. The molecule has 0 saturated carbocycles. The van der Waals surface area contributed by atoms with E-state index >= 15 is 0 Å². The molecule has 1 N–H and O–H groups in total. The third kappa shape index (κ3) is 6.81. The summed E-state index contributed by atoms with van der Waals surface area (Å²) in [5, 5.41) is 3.31. The highest BCUT2D eigenvalue weighted by molar-refractivity contribution is 5.88. The summed E-state index contributed by atoms with van der Waals surface area (Å²) >= 11 is 0. The van der Waals surface area contributed by atoms with Crippen LogP contribution < -0.4 is 10.2 Å². The molecular formula is C32H39N3O3. The molecule has 38 heavy (non-hydrogen) atoms. The van der Waals surface area contributed by atoms with Crippen LogP contribution in [0.15, 0.2) is 91.0 Å². The summed E-state index contributed by atoms with van der Waals surface area (Å²) in [6.45, 7) is 7.58. The minimum Gasteiger partial charge on any atom is -0.446 e. The van der Waals surface area contributed by atoms with Crippen LogP contribution in [0.2, 0.25) is 0 Å². The molecule has 3 aromatic rings. The highest BCUT2D eigenvalue weighted by Crippen LogP contribution is 2.26. The molecule has 6 nitrogen and oxygen atoms in total. The number of nitrogens with one attached hydrogen (secondary N) is 1. The maximum absolute atomic E-state index is 13.6. The van der Waals surface area contributed by atoms with Crippen LogP contribution in [0.3, 0.4) is 0 Å². The molecule has 6 heteroatoms. The van der Waals surface area contributed by atoms with Gasteiger partial charge < -0.3 is 10.1 Å². The van der Waals surface area contributed by atoms with E-state index < -0.39 is 0 Å². The molecule has 4 rings (SSSR count). The van der Waals surface area contributed by atoms with Crippen LogP contribution in [-0.4, -0.2) is 48.3 Å². The van der Waals surface area contributed by atoms with Crippen molar-refractivity contribution in [2.75, 3.05) is 18.0 Å². The Bertz CT molecular complexity index is 1110. The van der Waals surface area contributed by atoms with E-state index in [2.05, 4.69) is 17.1 Å². The maximum atomic E-state index is 13.6. The lowest BCUT2D eigenvalue weighted by Crippen LogP contribution is -2.53. The van der Waals surface area contributed by atoms with Crippen LogP contribution in [0.25, 0.3) is 0 Å². The Morgan fingerprint density at radius 3 is 1.84 bits per heavy atom. The van der Waals surface area contributed by atoms with Crippen molar-refractivity contribution >= 4 is 17.7 Å². The van der Waals surface area contributed by atoms with Crippen molar-refractivity contribution in [2.45, 2.75) is 64.3 Å². The minimum absolute atomic E-state index is 0.00163. The van der Waals surface area contributed by atoms with Gasteiger partial charge in [0, 0.05) is 24.8 Å². The molecule has 1 aliphatic rings. The highest BCUT2D eigenvalue weighted by Gasteiger charge is 2.31.